The second kappa shape index (κ2) is 9.93. The monoisotopic (exact) mass is 347 g/mol. The number of hydrogen-bond acceptors (Lipinski definition) is 3. The first-order chi connectivity index (χ1) is 9.58. The van der Waals surface area contributed by atoms with Crippen molar-refractivity contribution < 1.29 is 4.79 Å². The Bertz CT molecular complexity index is 462. The van der Waals surface area contributed by atoms with Crippen LogP contribution in [0.5, 0.6) is 0 Å². The van der Waals surface area contributed by atoms with Crippen molar-refractivity contribution in [2.75, 3.05) is 30.4 Å². The number of nitrogens with zero attached hydrogens (tertiary/aromatic N) is 1. The van der Waals surface area contributed by atoms with E-state index < -0.39 is 0 Å². The maximum Gasteiger partial charge on any atom is 0.228 e. The molecule has 1 amide bonds. The van der Waals surface area contributed by atoms with Crippen molar-refractivity contribution in [3.63, 3.8) is 0 Å². The molecule has 2 rings (SSSR count). The van der Waals surface area contributed by atoms with Crippen LogP contribution in [0.2, 0.25) is 0 Å². The van der Waals surface area contributed by atoms with Gasteiger partial charge in [0, 0.05) is 31.0 Å². The van der Waals surface area contributed by atoms with Crippen LogP contribution in [0.25, 0.3) is 0 Å². The van der Waals surface area contributed by atoms with Crippen molar-refractivity contribution in [2.24, 2.45) is 5.92 Å². The third-order valence-corrected chi connectivity index (χ3v) is 3.96. The van der Waals surface area contributed by atoms with Gasteiger partial charge in [0.1, 0.15) is 0 Å². The van der Waals surface area contributed by atoms with Gasteiger partial charge in [-0.15, -0.1) is 24.8 Å². The minimum Gasteiger partial charge on any atom is -0.372 e. The summed E-state index contributed by atoms with van der Waals surface area (Å²) in [5.41, 5.74) is 2.00. The summed E-state index contributed by atoms with van der Waals surface area (Å²) in [7, 11) is 2.07. The lowest BCUT2D eigenvalue weighted by Gasteiger charge is -2.25. The smallest absolute Gasteiger partial charge is 0.228 e. The summed E-state index contributed by atoms with van der Waals surface area (Å²) in [6, 6.07) is 8.48. The van der Waals surface area contributed by atoms with Gasteiger partial charge in [0.25, 0.3) is 0 Å². The first-order valence-corrected chi connectivity index (χ1v) is 7.42. The van der Waals surface area contributed by atoms with Gasteiger partial charge in [-0.3, -0.25) is 4.79 Å². The Labute approximate surface area is 145 Å². The SMILES string of the molecule is CC(C)N(C)c1cccc(NC(=O)C2CCCNC2)c1.Cl.Cl. The van der Waals surface area contributed by atoms with Crippen molar-refractivity contribution in [1.82, 2.24) is 5.32 Å². The third kappa shape index (κ3) is 5.67. The summed E-state index contributed by atoms with van der Waals surface area (Å²) < 4.78 is 0. The van der Waals surface area contributed by atoms with Gasteiger partial charge in [-0.2, -0.15) is 0 Å². The van der Waals surface area contributed by atoms with E-state index in [-0.39, 0.29) is 36.6 Å². The topological polar surface area (TPSA) is 44.4 Å². The van der Waals surface area contributed by atoms with E-state index in [0.29, 0.717) is 6.04 Å². The van der Waals surface area contributed by atoms with E-state index in [0.717, 1.165) is 37.3 Å². The number of anilines is 2. The molecule has 1 aliphatic rings. The fraction of sp³-hybridized carbons (Fsp3) is 0.562. The molecule has 1 saturated heterocycles. The van der Waals surface area contributed by atoms with Crippen LogP contribution in [0.4, 0.5) is 11.4 Å². The molecule has 0 aromatic heterocycles. The van der Waals surface area contributed by atoms with Crippen molar-refractivity contribution in [1.29, 1.82) is 0 Å². The normalized spacial score (nSPS) is 17.2. The summed E-state index contributed by atoms with van der Waals surface area (Å²) >= 11 is 0. The van der Waals surface area contributed by atoms with E-state index in [2.05, 4.69) is 42.5 Å². The van der Waals surface area contributed by atoms with E-state index in [1.54, 1.807) is 0 Å². The Hall–Kier alpha value is -0.970. The molecule has 1 fully saturated rings. The Morgan fingerprint density at radius 1 is 1.36 bits per heavy atom. The van der Waals surface area contributed by atoms with Gasteiger partial charge >= 0.3 is 0 Å². The largest absolute Gasteiger partial charge is 0.372 e. The molecule has 1 unspecified atom stereocenters. The number of carbonyl (C=O) groups is 1. The first-order valence-electron chi connectivity index (χ1n) is 7.42. The zero-order chi connectivity index (χ0) is 14.5. The average molecular weight is 348 g/mol. The molecule has 0 aliphatic carbocycles. The van der Waals surface area contributed by atoms with Crippen LogP contribution < -0.4 is 15.5 Å². The summed E-state index contributed by atoms with van der Waals surface area (Å²) in [6.07, 6.45) is 2.05. The number of hydrogen-bond donors (Lipinski definition) is 2. The minimum atomic E-state index is 0. The van der Waals surface area contributed by atoms with Crippen LogP contribution >= 0.6 is 24.8 Å². The van der Waals surface area contributed by atoms with E-state index in [1.807, 2.05) is 18.2 Å². The standard InChI is InChI=1S/C16H25N3O.2ClH/c1-12(2)19(3)15-8-4-7-14(10-15)18-16(20)13-6-5-9-17-11-13;;/h4,7-8,10,12-13,17H,5-6,9,11H2,1-3H3,(H,18,20);2*1H. The van der Waals surface area contributed by atoms with Crippen molar-refractivity contribution >= 4 is 42.1 Å². The number of rotatable bonds is 4. The molecule has 0 saturated carbocycles. The zero-order valence-electron chi connectivity index (χ0n) is 13.5. The quantitative estimate of drug-likeness (QED) is 0.877. The number of amides is 1. The molecule has 1 aromatic carbocycles. The van der Waals surface area contributed by atoms with Crippen LogP contribution in [0.1, 0.15) is 26.7 Å². The van der Waals surface area contributed by atoms with Gasteiger partial charge in [0.05, 0.1) is 5.92 Å². The Morgan fingerprint density at radius 2 is 2.09 bits per heavy atom. The highest BCUT2D eigenvalue weighted by Gasteiger charge is 2.20. The fourth-order valence-corrected chi connectivity index (χ4v) is 2.42. The molecule has 0 spiro atoms. The van der Waals surface area contributed by atoms with Gasteiger partial charge in [0.2, 0.25) is 5.91 Å². The van der Waals surface area contributed by atoms with Gasteiger partial charge in [0.15, 0.2) is 0 Å². The number of piperidine rings is 1. The summed E-state index contributed by atoms with van der Waals surface area (Å²) in [6.45, 7) is 6.12. The molecule has 1 aromatic rings. The van der Waals surface area contributed by atoms with Crippen LogP contribution in [0, 0.1) is 5.92 Å². The Balaban J connectivity index is 0.00000220. The van der Waals surface area contributed by atoms with Gasteiger partial charge in [-0.25, -0.2) is 0 Å². The Kier molecular flexibility index (Phi) is 9.49. The van der Waals surface area contributed by atoms with Gasteiger partial charge < -0.3 is 15.5 Å². The second-order valence-corrected chi connectivity index (χ2v) is 5.79. The maximum absolute atomic E-state index is 12.2. The molecule has 0 radical (unpaired) electrons. The highest BCUT2D eigenvalue weighted by atomic mass is 35.5. The van der Waals surface area contributed by atoms with Crippen LogP contribution in [0.15, 0.2) is 24.3 Å². The molecule has 1 aliphatic heterocycles. The number of halogens is 2. The number of nitrogens with one attached hydrogen (secondary N) is 2. The molecule has 4 nitrogen and oxygen atoms in total. The van der Waals surface area contributed by atoms with E-state index in [1.165, 1.54) is 0 Å². The summed E-state index contributed by atoms with van der Waals surface area (Å²) in [5, 5.41) is 6.32. The lowest BCUT2D eigenvalue weighted by molar-refractivity contribution is -0.120. The van der Waals surface area contributed by atoms with Crippen LogP contribution in [-0.2, 0) is 4.79 Å². The maximum atomic E-state index is 12.2. The first kappa shape index (κ1) is 21.0. The molecule has 6 heteroatoms. The predicted octanol–water partition coefficient (Wildman–Crippen LogP) is 3.31. The average Bonchev–Trinajstić information content (AvgIpc) is 2.47. The van der Waals surface area contributed by atoms with Crippen LogP contribution in [-0.4, -0.2) is 32.1 Å². The number of carbonyl (C=O) groups excluding carboxylic acids is 1. The molecule has 0 bridgehead atoms. The fourth-order valence-electron chi connectivity index (χ4n) is 2.42. The molecule has 1 heterocycles. The van der Waals surface area contributed by atoms with Crippen molar-refractivity contribution in [2.45, 2.75) is 32.7 Å². The molecular weight excluding hydrogens is 321 g/mol. The molecular formula is C16H27Cl2N3O. The predicted molar refractivity (Wildman–Crippen MR) is 98.7 cm³/mol. The third-order valence-electron chi connectivity index (χ3n) is 3.96. The highest BCUT2D eigenvalue weighted by Crippen LogP contribution is 2.21. The zero-order valence-corrected chi connectivity index (χ0v) is 15.1. The van der Waals surface area contributed by atoms with E-state index in [9.17, 15) is 4.79 Å². The van der Waals surface area contributed by atoms with Crippen LogP contribution in [0.3, 0.4) is 0 Å². The van der Waals surface area contributed by atoms with Crippen molar-refractivity contribution in [3.05, 3.63) is 24.3 Å². The molecule has 22 heavy (non-hydrogen) atoms. The molecule has 1 atom stereocenters. The molecule has 2 N–H and O–H groups in total. The number of benzene rings is 1. The minimum absolute atomic E-state index is 0. The van der Waals surface area contributed by atoms with Gasteiger partial charge in [-0.1, -0.05) is 6.07 Å². The van der Waals surface area contributed by atoms with E-state index >= 15 is 0 Å². The van der Waals surface area contributed by atoms with Crippen molar-refractivity contribution in [3.8, 4) is 0 Å². The van der Waals surface area contributed by atoms with E-state index in [4.69, 9.17) is 0 Å². The lowest BCUT2D eigenvalue weighted by Crippen LogP contribution is -2.37. The summed E-state index contributed by atoms with van der Waals surface area (Å²) in [5.74, 6) is 0.219. The molecule has 126 valence electrons. The second-order valence-electron chi connectivity index (χ2n) is 5.79. The lowest BCUT2D eigenvalue weighted by atomic mass is 9.99. The van der Waals surface area contributed by atoms with Gasteiger partial charge in [-0.05, 0) is 51.4 Å². The Morgan fingerprint density at radius 3 is 2.68 bits per heavy atom. The highest BCUT2D eigenvalue weighted by molar-refractivity contribution is 5.93. The summed E-state index contributed by atoms with van der Waals surface area (Å²) in [4.78, 5) is 14.4.